The second-order valence-corrected chi connectivity index (χ2v) is 15.1. The summed E-state index contributed by atoms with van der Waals surface area (Å²) in [5.41, 5.74) is 0. The van der Waals surface area contributed by atoms with Crippen LogP contribution in [0.1, 0.15) is 155 Å². The molecule has 0 amide bonds. The van der Waals surface area contributed by atoms with Crippen molar-refractivity contribution in [1.82, 2.24) is 0 Å². The van der Waals surface area contributed by atoms with Crippen molar-refractivity contribution in [3.05, 3.63) is 12.2 Å². The molecule has 0 saturated heterocycles. The van der Waals surface area contributed by atoms with Crippen LogP contribution in [-0.4, -0.2) is 75.6 Å². The highest BCUT2D eigenvalue weighted by Crippen LogP contribution is 2.43. The van der Waals surface area contributed by atoms with Gasteiger partial charge < -0.3 is 18.9 Å². The minimum absolute atomic E-state index is 0.0900. The Kier molecular flexibility index (Phi) is 30.0. The Morgan fingerprint density at radius 2 is 1.16 bits per heavy atom. The van der Waals surface area contributed by atoms with Crippen molar-refractivity contribution in [1.29, 1.82) is 0 Å². The summed E-state index contributed by atoms with van der Waals surface area (Å²) in [7, 11) is 1.67. The molecule has 0 aromatic carbocycles. The molecule has 2 unspecified atom stereocenters. The van der Waals surface area contributed by atoms with E-state index in [9.17, 15) is 14.3 Å². The fourth-order valence-corrected chi connectivity index (χ4v) is 5.64. The number of esters is 1. The molecule has 9 heteroatoms. The number of carbonyl (C=O) groups is 1. The lowest BCUT2D eigenvalue weighted by Crippen LogP contribution is -2.37. The molecule has 0 rings (SSSR count). The van der Waals surface area contributed by atoms with E-state index in [4.69, 9.17) is 18.5 Å². The molecule has 2 atom stereocenters. The van der Waals surface area contributed by atoms with Gasteiger partial charge in [0.05, 0.1) is 34.4 Å². The molecule has 0 radical (unpaired) electrons. The summed E-state index contributed by atoms with van der Waals surface area (Å²) in [6.07, 6.45) is 29.9. The zero-order valence-electron chi connectivity index (χ0n) is 30.1. The number of carbonyl (C=O) groups excluding carboxylic acids is 1. The topological polar surface area (TPSA) is 91.3 Å². The van der Waals surface area contributed by atoms with Crippen molar-refractivity contribution >= 4 is 13.8 Å². The van der Waals surface area contributed by atoms with Crippen molar-refractivity contribution < 1.29 is 37.3 Å². The molecule has 0 saturated carbocycles. The number of allylic oxidation sites excluding steroid dienone is 2. The Morgan fingerprint density at radius 1 is 0.667 bits per heavy atom. The number of likely N-dealkylation sites (N-methyl/N-ethyl adjacent to an activating group) is 1. The molecule has 0 spiro atoms. The SMILES string of the molecule is CCCCCCCC/C=C\CCCCCCCCCCOCC(COP(=O)(O)OCC[N+](C)(C)C)OC(=O)CCCCCCC. The summed E-state index contributed by atoms with van der Waals surface area (Å²) >= 11 is 0. The molecule has 0 heterocycles. The maximum atomic E-state index is 12.4. The lowest BCUT2D eigenvalue weighted by atomic mass is 10.1. The van der Waals surface area contributed by atoms with E-state index < -0.39 is 13.9 Å². The second kappa shape index (κ2) is 30.6. The third kappa shape index (κ3) is 34.4. The normalized spacial score (nSPS) is 14.2. The van der Waals surface area contributed by atoms with E-state index >= 15 is 0 Å². The van der Waals surface area contributed by atoms with Crippen LogP contribution in [0, 0.1) is 0 Å². The number of hydrogen-bond acceptors (Lipinski definition) is 6. The van der Waals surface area contributed by atoms with Crippen LogP contribution in [0.2, 0.25) is 0 Å². The monoisotopic (exact) mass is 663 g/mol. The van der Waals surface area contributed by atoms with Gasteiger partial charge in [-0.1, -0.05) is 122 Å². The Bertz CT molecular complexity index is 741. The Balaban J connectivity index is 4.08. The fraction of sp³-hybridized carbons (Fsp3) is 0.917. The maximum Gasteiger partial charge on any atom is 0.472 e. The summed E-state index contributed by atoms with van der Waals surface area (Å²) in [5.74, 6) is -0.327. The van der Waals surface area contributed by atoms with E-state index in [1.54, 1.807) is 0 Å². The first kappa shape index (κ1) is 44.2. The average Bonchev–Trinajstić information content (AvgIpc) is 2.98. The Hall–Kier alpha value is -0.760. The first-order valence-corrected chi connectivity index (χ1v) is 19.9. The smallest absolute Gasteiger partial charge is 0.457 e. The third-order valence-electron chi connectivity index (χ3n) is 7.83. The standard InChI is InChI=1S/C36H72NO7P/c1-6-8-10-12-13-14-15-16-17-18-19-20-21-22-23-24-26-28-31-41-33-35(44-36(38)29-27-25-11-9-7-2)34-43-45(39,40)42-32-30-37(3,4)5/h16-17,35H,6-15,18-34H2,1-5H3/p+1/b17-16-. The number of hydrogen-bond donors (Lipinski definition) is 1. The van der Waals surface area contributed by atoms with E-state index in [-0.39, 0.29) is 25.8 Å². The predicted molar refractivity (Wildman–Crippen MR) is 187 cm³/mol. The molecule has 45 heavy (non-hydrogen) atoms. The highest BCUT2D eigenvalue weighted by Gasteiger charge is 2.26. The number of phosphoric ester groups is 1. The largest absolute Gasteiger partial charge is 0.472 e. The summed E-state index contributed by atoms with van der Waals surface area (Å²) in [4.78, 5) is 22.5. The van der Waals surface area contributed by atoms with Crippen LogP contribution >= 0.6 is 7.82 Å². The van der Waals surface area contributed by atoms with Crippen LogP contribution in [0.15, 0.2) is 12.2 Å². The van der Waals surface area contributed by atoms with Gasteiger partial charge in [-0.05, 0) is 38.5 Å². The summed E-state index contributed by atoms with van der Waals surface area (Å²) in [6, 6.07) is 0. The summed E-state index contributed by atoms with van der Waals surface area (Å²) in [6.45, 7) is 5.53. The van der Waals surface area contributed by atoms with Gasteiger partial charge in [-0.3, -0.25) is 13.8 Å². The Morgan fingerprint density at radius 3 is 1.69 bits per heavy atom. The van der Waals surface area contributed by atoms with Crippen LogP contribution in [0.5, 0.6) is 0 Å². The quantitative estimate of drug-likeness (QED) is 0.0241. The maximum absolute atomic E-state index is 12.4. The van der Waals surface area contributed by atoms with E-state index in [0.717, 1.165) is 44.9 Å². The zero-order chi connectivity index (χ0) is 33.5. The molecule has 0 fully saturated rings. The molecule has 0 aromatic rings. The molecule has 0 aromatic heterocycles. The van der Waals surface area contributed by atoms with Crippen molar-refractivity contribution in [2.75, 3.05) is 54.1 Å². The highest BCUT2D eigenvalue weighted by atomic mass is 31.2. The van der Waals surface area contributed by atoms with Gasteiger partial charge in [-0.2, -0.15) is 0 Å². The van der Waals surface area contributed by atoms with Gasteiger partial charge in [-0.25, -0.2) is 4.57 Å². The van der Waals surface area contributed by atoms with Crippen molar-refractivity contribution in [3.8, 4) is 0 Å². The summed E-state index contributed by atoms with van der Waals surface area (Å²) in [5, 5.41) is 0. The average molecular weight is 663 g/mol. The lowest BCUT2D eigenvalue weighted by Gasteiger charge is -2.24. The van der Waals surface area contributed by atoms with Gasteiger partial charge in [-0.15, -0.1) is 0 Å². The molecular weight excluding hydrogens is 589 g/mol. The molecule has 0 aliphatic carbocycles. The van der Waals surface area contributed by atoms with Gasteiger partial charge in [0.25, 0.3) is 0 Å². The molecule has 8 nitrogen and oxygen atoms in total. The van der Waals surface area contributed by atoms with Gasteiger partial charge >= 0.3 is 13.8 Å². The molecular formula is C36H73NO7P+. The van der Waals surface area contributed by atoms with E-state index in [0.29, 0.717) is 24.1 Å². The minimum atomic E-state index is -4.25. The fourth-order valence-electron chi connectivity index (χ4n) is 4.90. The van der Waals surface area contributed by atoms with Crippen molar-refractivity contribution in [2.45, 2.75) is 161 Å². The van der Waals surface area contributed by atoms with Crippen LogP contribution in [0.3, 0.4) is 0 Å². The van der Waals surface area contributed by atoms with Crippen LogP contribution in [0.4, 0.5) is 0 Å². The third-order valence-corrected chi connectivity index (χ3v) is 8.81. The number of ether oxygens (including phenoxy) is 2. The number of nitrogens with zero attached hydrogens (tertiary/aromatic N) is 1. The van der Waals surface area contributed by atoms with Crippen LogP contribution < -0.4 is 0 Å². The minimum Gasteiger partial charge on any atom is -0.457 e. The second-order valence-electron chi connectivity index (χ2n) is 13.6. The Labute approximate surface area is 278 Å². The number of unbranched alkanes of at least 4 members (excludes halogenated alkanes) is 18. The molecule has 0 aliphatic heterocycles. The van der Waals surface area contributed by atoms with Gasteiger partial charge in [0.2, 0.25) is 0 Å². The van der Waals surface area contributed by atoms with Gasteiger partial charge in [0, 0.05) is 13.0 Å². The highest BCUT2D eigenvalue weighted by molar-refractivity contribution is 7.47. The first-order chi connectivity index (χ1) is 21.6. The van der Waals surface area contributed by atoms with E-state index in [2.05, 4.69) is 26.0 Å². The summed E-state index contributed by atoms with van der Waals surface area (Å²) < 4.78 is 34.6. The first-order valence-electron chi connectivity index (χ1n) is 18.4. The molecule has 268 valence electrons. The van der Waals surface area contributed by atoms with Crippen LogP contribution in [-0.2, 0) is 27.9 Å². The molecule has 1 N–H and O–H groups in total. The van der Waals surface area contributed by atoms with Crippen molar-refractivity contribution in [2.24, 2.45) is 0 Å². The van der Waals surface area contributed by atoms with Gasteiger partial charge in [0.15, 0.2) is 0 Å². The number of rotatable bonds is 34. The predicted octanol–water partition coefficient (Wildman–Crippen LogP) is 9.93. The van der Waals surface area contributed by atoms with Gasteiger partial charge in [0.1, 0.15) is 19.3 Å². The molecule has 0 aliphatic rings. The van der Waals surface area contributed by atoms with E-state index in [1.807, 2.05) is 21.1 Å². The van der Waals surface area contributed by atoms with Crippen molar-refractivity contribution in [3.63, 3.8) is 0 Å². The van der Waals surface area contributed by atoms with E-state index in [1.165, 1.54) is 89.9 Å². The van der Waals surface area contributed by atoms with Crippen LogP contribution in [0.25, 0.3) is 0 Å². The lowest BCUT2D eigenvalue weighted by molar-refractivity contribution is -0.870. The number of quaternary nitrogens is 1. The molecule has 0 bridgehead atoms. The zero-order valence-corrected chi connectivity index (χ0v) is 31.0. The number of phosphoric acid groups is 1.